The lowest BCUT2D eigenvalue weighted by atomic mass is 10.0. The molecule has 19 nitrogen and oxygen atoms in total. The van der Waals surface area contributed by atoms with Gasteiger partial charge in [0.15, 0.2) is 0 Å². The van der Waals surface area contributed by atoms with E-state index >= 15 is 0 Å². The quantitative estimate of drug-likeness (QED) is 0.0787. The third-order valence-electron chi connectivity index (χ3n) is 5.39. The fourth-order valence-corrected chi connectivity index (χ4v) is 2.34. The van der Waals surface area contributed by atoms with E-state index in [0.717, 1.165) is 6.42 Å². The van der Waals surface area contributed by atoms with Crippen LogP contribution in [0.4, 0.5) is 0 Å². The minimum absolute atomic E-state index is 0.0213. The van der Waals surface area contributed by atoms with Crippen molar-refractivity contribution >= 4 is 41.7 Å². The number of carboxylic acid groups (broad SMARTS) is 5. The van der Waals surface area contributed by atoms with Gasteiger partial charge >= 0.3 is 35.8 Å². The van der Waals surface area contributed by atoms with Crippen LogP contribution in [0.1, 0.15) is 66.7 Å². The van der Waals surface area contributed by atoms with Gasteiger partial charge in [0.05, 0.1) is 6.42 Å². The highest BCUT2D eigenvalue weighted by atomic mass is 16.5. The van der Waals surface area contributed by atoms with Gasteiger partial charge in [-0.05, 0) is 31.6 Å². The van der Waals surface area contributed by atoms with E-state index in [1.165, 1.54) is 6.92 Å². The first kappa shape index (κ1) is 47.0. The fourth-order valence-electron chi connectivity index (χ4n) is 2.34. The lowest BCUT2D eigenvalue weighted by molar-refractivity contribution is -0.155. The molecule has 0 heterocycles. The molecule has 0 bridgehead atoms. The molecule has 0 aromatic carbocycles. The van der Waals surface area contributed by atoms with Gasteiger partial charge in [0.2, 0.25) is 5.91 Å². The molecule has 0 spiro atoms. The van der Waals surface area contributed by atoms with Crippen LogP contribution in [0.15, 0.2) is 0 Å². The summed E-state index contributed by atoms with van der Waals surface area (Å²) in [6, 6.07) is -4.93. The molecule has 0 saturated carbocycles. The van der Waals surface area contributed by atoms with Gasteiger partial charge in [0.1, 0.15) is 36.3 Å². The molecule has 0 saturated heterocycles. The summed E-state index contributed by atoms with van der Waals surface area (Å²) in [6.07, 6.45) is 0.0117. The number of carbonyl (C=O) groups is 7. The van der Waals surface area contributed by atoms with Gasteiger partial charge in [0.25, 0.3) is 0 Å². The monoisotopic (exact) mass is 642 g/mol. The number of hydrogen-bond acceptors (Lipinski definition) is 13. The Labute approximate surface area is 255 Å². The first-order valence-electron chi connectivity index (χ1n) is 13.3. The molecule has 0 aliphatic heterocycles. The number of esters is 1. The number of ether oxygens (including phenoxy) is 1. The van der Waals surface area contributed by atoms with Crippen LogP contribution >= 0.6 is 0 Å². The van der Waals surface area contributed by atoms with Gasteiger partial charge in [-0.15, -0.1) is 0 Å². The van der Waals surface area contributed by atoms with E-state index in [1.807, 2.05) is 27.7 Å². The minimum Gasteiger partial charge on any atom is -0.481 e. The molecule has 19 heteroatoms. The van der Waals surface area contributed by atoms with Crippen molar-refractivity contribution in [3.05, 3.63) is 0 Å². The summed E-state index contributed by atoms with van der Waals surface area (Å²) in [5.41, 5.74) is 30.8. The van der Waals surface area contributed by atoms with Crippen molar-refractivity contribution in [1.82, 2.24) is 0 Å². The highest BCUT2D eigenvalue weighted by Crippen LogP contribution is 2.07. The Morgan fingerprint density at radius 2 is 1.09 bits per heavy atom. The highest BCUT2D eigenvalue weighted by Gasteiger charge is 2.26. The second-order valence-corrected chi connectivity index (χ2v) is 9.98. The van der Waals surface area contributed by atoms with Gasteiger partial charge in [0, 0.05) is 6.42 Å². The SMILES string of the molecule is CC(C)C[C@H](N)C(=O)O[C@H](C)[C@H](N)C(=O)O.CC[C@H](C)[C@H](N)C(=O)O.NC(=O)CC[C@H](N)C(=O)O.N[C@@H](CC(=O)O)C(=O)O. The Morgan fingerprint density at radius 3 is 1.34 bits per heavy atom. The number of nitrogens with two attached hydrogens (primary N) is 6. The first-order valence-corrected chi connectivity index (χ1v) is 13.3. The van der Waals surface area contributed by atoms with Gasteiger partial charge in [-0.1, -0.05) is 34.1 Å². The zero-order valence-corrected chi connectivity index (χ0v) is 25.6. The third-order valence-corrected chi connectivity index (χ3v) is 5.39. The number of hydrogen-bond donors (Lipinski definition) is 11. The van der Waals surface area contributed by atoms with E-state index in [9.17, 15) is 33.6 Å². The largest absolute Gasteiger partial charge is 0.481 e. The molecule has 0 fully saturated rings. The molecule has 258 valence electrons. The van der Waals surface area contributed by atoms with E-state index in [-0.39, 0.29) is 24.7 Å². The second-order valence-electron chi connectivity index (χ2n) is 9.98. The number of carboxylic acids is 5. The molecule has 0 rings (SSSR count). The third kappa shape index (κ3) is 28.2. The molecule has 0 unspecified atom stereocenters. The van der Waals surface area contributed by atoms with Crippen LogP contribution < -0.4 is 34.4 Å². The van der Waals surface area contributed by atoms with Crippen molar-refractivity contribution < 1.29 is 63.8 Å². The number of carbonyl (C=O) groups excluding carboxylic acids is 2. The van der Waals surface area contributed by atoms with Crippen LogP contribution in [-0.2, 0) is 38.3 Å². The Hall–Kier alpha value is -3.91. The summed E-state index contributed by atoms with van der Waals surface area (Å²) in [5.74, 6) is -6.53. The average molecular weight is 643 g/mol. The van der Waals surface area contributed by atoms with Crippen LogP contribution in [0.2, 0.25) is 0 Å². The maximum absolute atomic E-state index is 11.4. The van der Waals surface area contributed by atoms with Gasteiger partial charge in [-0.3, -0.25) is 33.6 Å². The number of amides is 1. The molecule has 0 aliphatic carbocycles. The summed E-state index contributed by atoms with van der Waals surface area (Å²) >= 11 is 0. The summed E-state index contributed by atoms with van der Waals surface area (Å²) in [5, 5.41) is 41.2. The van der Waals surface area contributed by atoms with E-state index in [0.29, 0.717) is 6.42 Å². The van der Waals surface area contributed by atoms with Crippen molar-refractivity contribution in [3.8, 4) is 0 Å². The summed E-state index contributed by atoms with van der Waals surface area (Å²) in [4.78, 5) is 71.9. The van der Waals surface area contributed by atoms with Gasteiger partial charge in [-0.2, -0.15) is 0 Å². The summed E-state index contributed by atoms with van der Waals surface area (Å²) in [6.45, 7) is 9.05. The molecule has 7 atom stereocenters. The van der Waals surface area contributed by atoms with Crippen LogP contribution in [0, 0.1) is 11.8 Å². The zero-order chi connectivity index (χ0) is 35.9. The molecule has 17 N–H and O–H groups in total. The van der Waals surface area contributed by atoms with E-state index < -0.39 is 84.5 Å². The Balaban J connectivity index is -0.000000252. The van der Waals surface area contributed by atoms with Crippen molar-refractivity contribution in [2.75, 3.05) is 0 Å². The van der Waals surface area contributed by atoms with Crippen LogP contribution in [0.5, 0.6) is 0 Å². The molecule has 0 aromatic heterocycles. The van der Waals surface area contributed by atoms with E-state index in [2.05, 4.69) is 0 Å². The molecule has 44 heavy (non-hydrogen) atoms. The smallest absolute Gasteiger partial charge is 0.324 e. The fraction of sp³-hybridized carbons (Fsp3) is 0.720. The maximum Gasteiger partial charge on any atom is 0.324 e. The Kier molecular flexibility index (Phi) is 27.3. The van der Waals surface area contributed by atoms with Crippen LogP contribution in [-0.4, -0.2) is 104 Å². The highest BCUT2D eigenvalue weighted by molar-refractivity contribution is 5.80. The Bertz CT molecular complexity index is 919. The minimum atomic E-state index is -1.29. The molecular formula is C25H50N6O13. The summed E-state index contributed by atoms with van der Waals surface area (Å²) < 4.78 is 4.87. The molecule has 0 aliphatic rings. The topological polar surface area (TPSA) is 386 Å². The average Bonchev–Trinajstić information content (AvgIpc) is 2.90. The van der Waals surface area contributed by atoms with Gasteiger partial charge < -0.3 is 64.7 Å². The maximum atomic E-state index is 11.4. The number of rotatable bonds is 16. The van der Waals surface area contributed by atoms with Crippen LogP contribution in [0.25, 0.3) is 0 Å². The molecule has 0 aromatic rings. The predicted octanol–water partition coefficient (Wildman–Crippen LogP) is -2.32. The first-order chi connectivity index (χ1) is 19.9. The predicted molar refractivity (Wildman–Crippen MR) is 156 cm³/mol. The van der Waals surface area contributed by atoms with Crippen LogP contribution in [0.3, 0.4) is 0 Å². The second kappa shape index (κ2) is 25.6. The molecular weight excluding hydrogens is 592 g/mol. The van der Waals surface area contributed by atoms with Crippen molar-refractivity contribution in [2.45, 2.75) is 103 Å². The summed E-state index contributed by atoms with van der Waals surface area (Å²) in [7, 11) is 0. The van der Waals surface area contributed by atoms with E-state index in [1.54, 1.807) is 0 Å². The lowest BCUT2D eigenvalue weighted by Crippen LogP contribution is -2.45. The lowest BCUT2D eigenvalue weighted by Gasteiger charge is -2.20. The zero-order valence-electron chi connectivity index (χ0n) is 25.6. The van der Waals surface area contributed by atoms with Crippen molar-refractivity contribution in [1.29, 1.82) is 0 Å². The molecule has 0 radical (unpaired) electrons. The Morgan fingerprint density at radius 1 is 0.659 bits per heavy atom. The molecule has 1 amide bonds. The van der Waals surface area contributed by atoms with Gasteiger partial charge in [-0.25, -0.2) is 0 Å². The number of aliphatic carboxylic acids is 5. The van der Waals surface area contributed by atoms with Crippen molar-refractivity contribution in [3.63, 3.8) is 0 Å². The van der Waals surface area contributed by atoms with E-state index in [4.69, 9.17) is 64.7 Å². The van der Waals surface area contributed by atoms with Crippen molar-refractivity contribution in [2.24, 2.45) is 46.2 Å². The standard InChI is InChI=1S/C10H20N2O4.C6H13NO2.C5H10N2O3.C4H7NO4/c1-5(2)4-7(11)10(15)16-6(3)8(12)9(13)14;1-3-4(2)5(7)6(8)9;6-3(5(9)10)1-2-4(7)8;5-2(4(8)9)1-3(6)7/h5-8H,4,11-12H2,1-3H3,(H,13,14);4-5H,3,7H2,1-2H3,(H,8,9);3H,1-2,6H2,(H2,7,8)(H,9,10);2H,1,5H2,(H,6,7)(H,8,9)/t6-,7+,8+;4-,5-;3-;2-/m1000/s1. The number of primary amides is 1. The normalized spacial score (nSPS) is 14.9.